The van der Waals surface area contributed by atoms with Crippen molar-refractivity contribution < 1.29 is 0 Å². The Morgan fingerprint density at radius 2 is 2.05 bits per heavy atom. The van der Waals surface area contributed by atoms with Gasteiger partial charge >= 0.3 is 0 Å². The lowest BCUT2D eigenvalue weighted by Gasteiger charge is -2.13. The fourth-order valence-corrected chi connectivity index (χ4v) is 2.91. The van der Waals surface area contributed by atoms with Gasteiger partial charge in [-0.1, -0.05) is 31.2 Å². The first-order valence-corrected chi connectivity index (χ1v) is 7.51. The molecule has 2 heterocycles. The van der Waals surface area contributed by atoms with Crippen molar-refractivity contribution in [1.82, 2.24) is 20.3 Å². The third-order valence-corrected chi connectivity index (χ3v) is 3.97. The summed E-state index contributed by atoms with van der Waals surface area (Å²) in [7, 11) is 0. The van der Waals surface area contributed by atoms with Gasteiger partial charge in [0.05, 0.1) is 17.9 Å². The van der Waals surface area contributed by atoms with Crippen molar-refractivity contribution in [2.45, 2.75) is 13.0 Å². The molecule has 3 rings (SSSR count). The summed E-state index contributed by atoms with van der Waals surface area (Å²) in [6.07, 6.45) is 1.83. The van der Waals surface area contributed by atoms with Crippen LogP contribution in [0.15, 0.2) is 54.0 Å². The lowest BCUT2D eigenvalue weighted by Crippen LogP contribution is -2.21. The molecule has 5 heteroatoms. The van der Waals surface area contributed by atoms with E-state index in [9.17, 15) is 0 Å². The van der Waals surface area contributed by atoms with Gasteiger partial charge in [-0.2, -0.15) is 15.0 Å². The summed E-state index contributed by atoms with van der Waals surface area (Å²) in [6.45, 7) is 2.99. The highest BCUT2D eigenvalue weighted by Crippen LogP contribution is 2.24. The number of para-hydroxylation sites is 1. The van der Waals surface area contributed by atoms with Crippen LogP contribution >= 0.6 is 11.3 Å². The summed E-state index contributed by atoms with van der Waals surface area (Å²) >= 11 is 1.73. The summed E-state index contributed by atoms with van der Waals surface area (Å²) in [5.74, 6) is 0. The number of hydrogen-bond donors (Lipinski definition) is 1. The topological polar surface area (TPSA) is 42.7 Å². The monoisotopic (exact) mass is 284 g/mol. The molecule has 0 aliphatic rings. The number of nitrogens with one attached hydrogen (secondary N) is 1. The lowest BCUT2D eigenvalue weighted by molar-refractivity contribution is 0.613. The first kappa shape index (κ1) is 13.0. The number of aromatic nitrogens is 3. The van der Waals surface area contributed by atoms with Crippen LogP contribution in [0.25, 0.3) is 5.69 Å². The van der Waals surface area contributed by atoms with Gasteiger partial charge in [-0.25, -0.2) is 0 Å². The molecule has 3 aromatic rings. The third kappa shape index (κ3) is 2.64. The molecule has 2 aromatic heterocycles. The average molecular weight is 284 g/mol. The Kier molecular flexibility index (Phi) is 3.90. The highest BCUT2D eigenvalue weighted by molar-refractivity contribution is 7.10. The summed E-state index contributed by atoms with van der Waals surface area (Å²) in [5, 5.41) is 14.5. The van der Waals surface area contributed by atoms with Crippen molar-refractivity contribution in [3.05, 3.63) is 64.6 Å². The summed E-state index contributed by atoms with van der Waals surface area (Å²) < 4.78 is 0. The van der Waals surface area contributed by atoms with Crippen LogP contribution in [0.1, 0.15) is 23.5 Å². The van der Waals surface area contributed by atoms with Gasteiger partial charge in [-0.3, -0.25) is 0 Å². The number of benzene rings is 1. The van der Waals surface area contributed by atoms with Crippen LogP contribution in [0.4, 0.5) is 0 Å². The van der Waals surface area contributed by atoms with E-state index in [1.807, 2.05) is 36.5 Å². The zero-order valence-electron chi connectivity index (χ0n) is 11.2. The van der Waals surface area contributed by atoms with Gasteiger partial charge in [0, 0.05) is 4.88 Å². The number of hydrogen-bond acceptors (Lipinski definition) is 4. The van der Waals surface area contributed by atoms with E-state index in [0.717, 1.165) is 17.9 Å². The maximum Gasteiger partial charge on any atom is 0.105 e. The minimum atomic E-state index is 0.109. The van der Waals surface area contributed by atoms with Crippen molar-refractivity contribution in [3.63, 3.8) is 0 Å². The quantitative estimate of drug-likeness (QED) is 0.783. The first-order valence-electron chi connectivity index (χ1n) is 6.63. The normalized spacial score (nSPS) is 12.4. The van der Waals surface area contributed by atoms with Crippen LogP contribution in [-0.2, 0) is 0 Å². The Morgan fingerprint density at radius 3 is 2.75 bits per heavy atom. The smallest absolute Gasteiger partial charge is 0.105 e. The van der Waals surface area contributed by atoms with E-state index in [-0.39, 0.29) is 6.04 Å². The predicted molar refractivity (Wildman–Crippen MR) is 81.2 cm³/mol. The highest BCUT2D eigenvalue weighted by Gasteiger charge is 2.17. The fourth-order valence-electron chi connectivity index (χ4n) is 2.10. The molecule has 0 aliphatic carbocycles. The zero-order valence-corrected chi connectivity index (χ0v) is 12.0. The zero-order chi connectivity index (χ0) is 13.8. The van der Waals surface area contributed by atoms with Gasteiger partial charge in [-0.15, -0.1) is 11.3 Å². The summed E-state index contributed by atoms with van der Waals surface area (Å²) in [4.78, 5) is 2.93. The molecule has 4 nitrogen and oxygen atoms in total. The molecule has 0 aliphatic heterocycles. The molecule has 20 heavy (non-hydrogen) atoms. The van der Waals surface area contributed by atoms with Crippen molar-refractivity contribution >= 4 is 11.3 Å². The van der Waals surface area contributed by atoms with Gasteiger partial charge in [0.2, 0.25) is 0 Å². The molecule has 0 bridgehead atoms. The van der Waals surface area contributed by atoms with Crippen LogP contribution < -0.4 is 5.32 Å². The van der Waals surface area contributed by atoms with E-state index in [1.54, 1.807) is 16.1 Å². The Labute approximate surface area is 122 Å². The number of rotatable bonds is 5. The number of thiophene rings is 1. The van der Waals surface area contributed by atoms with Crippen LogP contribution in [0.2, 0.25) is 0 Å². The minimum Gasteiger partial charge on any atom is -0.304 e. The molecule has 1 atom stereocenters. The largest absolute Gasteiger partial charge is 0.304 e. The van der Waals surface area contributed by atoms with E-state index in [2.05, 4.69) is 40.0 Å². The van der Waals surface area contributed by atoms with E-state index in [4.69, 9.17) is 0 Å². The molecule has 1 N–H and O–H groups in total. The van der Waals surface area contributed by atoms with Crippen molar-refractivity contribution in [2.75, 3.05) is 6.54 Å². The maximum atomic E-state index is 4.61. The van der Waals surface area contributed by atoms with E-state index in [0.29, 0.717) is 0 Å². The third-order valence-electron chi connectivity index (χ3n) is 3.03. The highest BCUT2D eigenvalue weighted by atomic mass is 32.1. The molecule has 0 saturated heterocycles. The van der Waals surface area contributed by atoms with Crippen LogP contribution in [0.5, 0.6) is 0 Å². The van der Waals surface area contributed by atoms with E-state index >= 15 is 0 Å². The molecule has 0 saturated carbocycles. The second-order valence-electron chi connectivity index (χ2n) is 4.40. The van der Waals surface area contributed by atoms with Crippen molar-refractivity contribution in [3.8, 4) is 5.69 Å². The van der Waals surface area contributed by atoms with Crippen LogP contribution in [0.3, 0.4) is 0 Å². The van der Waals surface area contributed by atoms with Gasteiger partial charge in [-0.05, 0) is 30.1 Å². The Balaban J connectivity index is 1.91. The molecule has 1 unspecified atom stereocenters. The molecule has 0 fully saturated rings. The van der Waals surface area contributed by atoms with Crippen molar-refractivity contribution in [2.24, 2.45) is 0 Å². The predicted octanol–water partition coefficient (Wildman–Crippen LogP) is 3.03. The van der Waals surface area contributed by atoms with Crippen LogP contribution in [0, 0.1) is 0 Å². The standard InChI is InChI=1S/C15H16N4S/c1-2-16-15(14-9-6-10-20-14)13-11-17-19(18-13)12-7-4-3-5-8-12/h3-11,15-16H,2H2,1H3. The minimum absolute atomic E-state index is 0.109. The molecule has 0 spiro atoms. The Hall–Kier alpha value is -1.98. The SMILES string of the molecule is CCNC(c1cnn(-c2ccccc2)n1)c1cccs1. The Bertz CT molecular complexity index is 646. The van der Waals surface area contributed by atoms with Gasteiger partial charge in [0.1, 0.15) is 5.69 Å². The van der Waals surface area contributed by atoms with Gasteiger partial charge in [0.25, 0.3) is 0 Å². The van der Waals surface area contributed by atoms with Gasteiger partial charge in [0.15, 0.2) is 0 Å². The van der Waals surface area contributed by atoms with E-state index < -0.39 is 0 Å². The first-order chi connectivity index (χ1) is 9.88. The molecule has 1 aromatic carbocycles. The van der Waals surface area contributed by atoms with Crippen LogP contribution in [-0.4, -0.2) is 21.5 Å². The molecule has 0 amide bonds. The maximum absolute atomic E-state index is 4.61. The Morgan fingerprint density at radius 1 is 1.20 bits per heavy atom. The molecular weight excluding hydrogens is 268 g/mol. The second-order valence-corrected chi connectivity index (χ2v) is 5.38. The molecule has 102 valence electrons. The molecule has 0 radical (unpaired) electrons. The van der Waals surface area contributed by atoms with Gasteiger partial charge < -0.3 is 5.32 Å². The van der Waals surface area contributed by atoms with Crippen molar-refractivity contribution in [1.29, 1.82) is 0 Å². The summed E-state index contributed by atoms with van der Waals surface area (Å²) in [5.41, 5.74) is 1.92. The molecular formula is C15H16N4S. The average Bonchev–Trinajstić information content (AvgIpc) is 3.17. The fraction of sp³-hybridized carbons (Fsp3) is 0.200. The van der Waals surface area contributed by atoms with E-state index in [1.165, 1.54) is 4.88 Å². The lowest BCUT2D eigenvalue weighted by atomic mass is 10.2. The number of nitrogens with zero attached hydrogens (tertiary/aromatic N) is 3. The summed E-state index contributed by atoms with van der Waals surface area (Å²) in [6, 6.07) is 14.2. The second kappa shape index (κ2) is 5.98.